The number of halogens is 2. The van der Waals surface area contributed by atoms with E-state index in [9.17, 15) is 18.0 Å². The van der Waals surface area contributed by atoms with Crippen LogP contribution < -0.4 is 10.9 Å². The Labute approximate surface area is 186 Å². The highest BCUT2D eigenvalue weighted by molar-refractivity contribution is 7.89. The van der Waals surface area contributed by atoms with Gasteiger partial charge in [0.25, 0.3) is 11.8 Å². The molecule has 162 valence electrons. The zero-order valence-electron chi connectivity index (χ0n) is 17.0. The molecule has 0 fully saturated rings. The fraction of sp³-hybridized carbons (Fsp3) is 0.300. The van der Waals surface area contributed by atoms with Crippen molar-refractivity contribution >= 4 is 45.0 Å². The van der Waals surface area contributed by atoms with Crippen LogP contribution in [0.1, 0.15) is 36.7 Å². The molecule has 30 heavy (non-hydrogen) atoms. The van der Waals surface area contributed by atoms with Crippen LogP contribution in [0.3, 0.4) is 0 Å². The van der Waals surface area contributed by atoms with Gasteiger partial charge in [0.15, 0.2) is 0 Å². The summed E-state index contributed by atoms with van der Waals surface area (Å²) in [6.45, 7) is 5.64. The van der Waals surface area contributed by atoms with Gasteiger partial charge in [-0.1, -0.05) is 56.1 Å². The van der Waals surface area contributed by atoms with Crippen molar-refractivity contribution in [1.29, 1.82) is 0 Å². The van der Waals surface area contributed by atoms with Crippen LogP contribution in [-0.4, -0.2) is 38.1 Å². The first kappa shape index (κ1) is 24.1. The molecule has 0 aliphatic carbocycles. The Morgan fingerprint density at radius 3 is 2.17 bits per heavy atom. The number of likely N-dealkylation sites (N-methyl/N-ethyl adjacent to an activating group) is 1. The van der Waals surface area contributed by atoms with E-state index in [1.807, 2.05) is 12.1 Å². The predicted octanol–water partition coefficient (Wildman–Crippen LogP) is 3.37. The van der Waals surface area contributed by atoms with Gasteiger partial charge in [-0.25, -0.2) is 8.42 Å². The Hall–Kier alpha value is -2.13. The Morgan fingerprint density at radius 2 is 1.60 bits per heavy atom. The van der Waals surface area contributed by atoms with Gasteiger partial charge in [-0.2, -0.15) is 4.31 Å². The molecule has 0 radical (unpaired) electrons. The maximum Gasteiger partial charge on any atom is 0.269 e. The van der Waals surface area contributed by atoms with Crippen molar-refractivity contribution < 1.29 is 18.0 Å². The van der Waals surface area contributed by atoms with Crippen molar-refractivity contribution in [3.05, 3.63) is 63.6 Å². The number of carbonyl (C=O) groups excluding carboxylic acids is 2. The second-order valence-electron chi connectivity index (χ2n) is 7.67. The first-order chi connectivity index (χ1) is 13.8. The topological polar surface area (TPSA) is 95.6 Å². The van der Waals surface area contributed by atoms with Crippen LogP contribution in [-0.2, 0) is 20.2 Å². The van der Waals surface area contributed by atoms with Gasteiger partial charge >= 0.3 is 0 Å². The minimum atomic E-state index is -4.05. The van der Waals surface area contributed by atoms with Gasteiger partial charge in [0.05, 0.1) is 11.6 Å². The Balaban J connectivity index is 1.98. The van der Waals surface area contributed by atoms with Crippen LogP contribution in [0.4, 0.5) is 0 Å². The van der Waals surface area contributed by atoms with Gasteiger partial charge in [-0.15, -0.1) is 0 Å². The predicted molar refractivity (Wildman–Crippen MR) is 117 cm³/mol. The molecule has 7 nitrogen and oxygen atoms in total. The lowest BCUT2D eigenvalue weighted by Crippen LogP contribution is -2.46. The molecule has 10 heteroatoms. The van der Waals surface area contributed by atoms with E-state index >= 15 is 0 Å². The lowest BCUT2D eigenvalue weighted by molar-refractivity contribution is -0.121. The van der Waals surface area contributed by atoms with E-state index in [2.05, 4.69) is 31.6 Å². The Morgan fingerprint density at radius 1 is 1.00 bits per heavy atom. The third kappa shape index (κ3) is 5.95. The van der Waals surface area contributed by atoms with Crippen molar-refractivity contribution in [2.45, 2.75) is 31.1 Å². The zero-order valence-corrected chi connectivity index (χ0v) is 19.3. The van der Waals surface area contributed by atoms with Gasteiger partial charge in [0.2, 0.25) is 10.0 Å². The van der Waals surface area contributed by atoms with E-state index in [1.54, 1.807) is 12.1 Å². The zero-order chi connectivity index (χ0) is 22.7. The number of rotatable bonds is 5. The molecular formula is C20H23Cl2N3O4S. The average Bonchev–Trinajstić information content (AvgIpc) is 2.67. The first-order valence-corrected chi connectivity index (χ1v) is 11.1. The number of benzene rings is 2. The van der Waals surface area contributed by atoms with Crippen LogP contribution in [0.5, 0.6) is 0 Å². The minimum Gasteiger partial charge on any atom is -0.272 e. The summed E-state index contributed by atoms with van der Waals surface area (Å²) in [5.74, 6) is -1.24. The number of hydrazine groups is 1. The van der Waals surface area contributed by atoms with Gasteiger partial charge < -0.3 is 0 Å². The smallest absolute Gasteiger partial charge is 0.269 e. The number of nitrogens with one attached hydrogen (secondary N) is 2. The quantitative estimate of drug-likeness (QED) is 0.653. The molecule has 0 spiro atoms. The van der Waals surface area contributed by atoms with Crippen LogP contribution in [0, 0.1) is 0 Å². The summed E-state index contributed by atoms with van der Waals surface area (Å²) in [6.07, 6.45) is 0. The minimum absolute atomic E-state index is 0.0151. The third-order valence-electron chi connectivity index (χ3n) is 4.28. The Kier molecular flexibility index (Phi) is 7.52. The molecular weight excluding hydrogens is 449 g/mol. The van der Waals surface area contributed by atoms with Crippen molar-refractivity contribution in [2.24, 2.45) is 0 Å². The molecule has 2 aromatic rings. The number of sulfonamides is 1. The summed E-state index contributed by atoms with van der Waals surface area (Å²) in [4.78, 5) is 24.1. The summed E-state index contributed by atoms with van der Waals surface area (Å²) >= 11 is 11.8. The maximum absolute atomic E-state index is 12.6. The molecule has 0 aromatic heterocycles. The Bertz CT molecular complexity index is 1050. The van der Waals surface area contributed by atoms with Crippen LogP contribution in [0.2, 0.25) is 10.0 Å². The summed E-state index contributed by atoms with van der Waals surface area (Å²) in [5.41, 5.74) is 5.84. The summed E-state index contributed by atoms with van der Waals surface area (Å²) < 4.78 is 26.1. The maximum atomic E-state index is 12.6. The van der Waals surface area contributed by atoms with Crippen molar-refractivity contribution in [3.63, 3.8) is 0 Å². The van der Waals surface area contributed by atoms with Crippen molar-refractivity contribution in [2.75, 3.05) is 13.6 Å². The molecule has 2 rings (SSSR count). The molecule has 0 bridgehead atoms. The molecule has 2 N–H and O–H groups in total. The molecule has 0 saturated carbocycles. The van der Waals surface area contributed by atoms with E-state index in [4.69, 9.17) is 23.2 Å². The molecule has 0 aliphatic rings. The highest BCUT2D eigenvalue weighted by Gasteiger charge is 2.26. The van der Waals surface area contributed by atoms with Crippen LogP contribution in [0.25, 0.3) is 0 Å². The molecule has 0 unspecified atom stereocenters. The van der Waals surface area contributed by atoms with Crippen LogP contribution in [0.15, 0.2) is 47.4 Å². The molecule has 2 amide bonds. The molecule has 0 heterocycles. The standard InChI is InChI=1S/C20H23Cl2N3O4S/c1-20(2,3)14-7-5-13(6-8-14)19(27)24-23-18(26)12-25(4)30(28,29)17-11-15(21)9-10-16(17)22/h5-11H,12H2,1-4H3,(H,23,26)(H,24,27). The van der Waals surface area contributed by atoms with E-state index in [1.165, 1.54) is 25.2 Å². The molecule has 0 saturated heterocycles. The molecule has 2 aromatic carbocycles. The monoisotopic (exact) mass is 471 g/mol. The van der Waals surface area contributed by atoms with Crippen LogP contribution >= 0.6 is 23.2 Å². The lowest BCUT2D eigenvalue weighted by Gasteiger charge is -2.19. The number of amides is 2. The average molecular weight is 472 g/mol. The summed E-state index contributed by atoms with van der Waals surface area (Å²) in [7, 11) is -2.83. The number of hydrogen-bond acceptors (Lipinski definition) is 4. The van der Waals surface area contributed by atoms with Crippen molar-refractivity contribution in [1.82, 2.24) is 15.2 Å². The second kappa shape index (κ2) is 9.34. The highest BCUT2D eigenvalue weighted by atomic mass is 35.5. The summed E-state index contributed by atoms with van der Waals surface area (Å²) in [6, 6.07) is 11.0. The van der Waals surface area contributed by atoms with Gasteiger partial charge in [0.1, 0.15) is 4.90 Å². The van der Waals surface area contributed by atoms with E-state index in [0.717, 1.165) is 9.87 Å². The van der Waals surface area contributed by atoms with Gasteiger partial charge in [0, 0.05) is 17.6 Å². The number of carbonyl (C=O) groups is 2. The normalized spacial score (nSPS) is 12.0. The lowest BCUT2D eigenvalue weighted by atomic mass is 9.87. The number of nitrogens with zero attached hydrogens (tertiary/aromatic N) is 1. The second-order valence-corrected chi connectivity index (χ2v) is 10.5. The van der Waals surface area contributed by atoms with E-state index in [-0.39, 0.29) is 20.4 Å². The van der Waals surface area contributed by atoms with Crippen molar-refractivity contribution in [3.8, 4) is 0 Å². The van der Waals surface area contributed by atoms with E-state index < -0.39 is 28.4 Å². The SMILES string of the molecule is CN(CC(=O)NNC(=O)c1ccc(C(C)(C)C)cc1)S(=O)(=O)c1cc(Cl)ccc1Cl. The fourth-order valence-electron chi connectivity index (χ4n) is 2.49. The largest absolute Gasteiger partial charge is 0.272 e. The first-order valence-electron chi connectivity index (χ1n) is 8.93. The highest BCUT2D eigenvalue weighted by Crippen LogP contribution is 2.27. The summed E-state index contributed by atoms with van der Waals surface area (Å²) in [5, 5.41) is 0.180. The number of hydrogen-bond donors (Lipinski definition) is 2. The van der Waals surface area contributed by atoms with Gasteiger partial charge in [-0.3, -0.25) is 20.4 Å². The molecule has 0 atom stereocenters. The van der Waals surface area contributed by atoms with Gasteiger partial charge in [-0.05, 0) is 41.3 Å². The fourth-order valence-corrected chi connectivity index (χ4v) is 4.35. The van der Waals surface area contributed by atoms with E-state index in [0.29, 0.717) is 5.56 Å². The third-order valence-corrected chi connectivity index (χ3v) is 6.80. The molecule has 0 aliphatic heterocycles.